The summed E-state index contributed by atoms with van der Waals surface area (Å²) < 4.78 is 12.1. The highest BCUT2D eigenvalue weighted by molar-refractivity contribution is 9.10. The van der Waals surface area contributed by atoms with Crippen molar-refractivity contribution in [3.05, 3.63) is 87.4 Å². The van der Waals surface area contributed by atoms with E-state index in [1.165, 1.54) is 6.21 Å². The van der Waals surface area contributed by atoms with E-state index in [9.17, 15) is 9.59 Å². The van der Waals surface area contributed by atoms with Crippen LogP contribution in [0.15, 0.2) is 76.3 Å². The van der Waals surface area contributed by atoms with Crippen LogP contribution in [0.25, 0.3) is 0 Å². The van der Waals surface area contributed by atoms with Gasteiger partial charge in [-0.3, -0.25) is 9.59 Å². The van der Waals surface area contributed by atoms with Crippen molar-refractivity contribution in [3.8, 4) is 11.5 Å². The molecule has 0 bridgehead atoms. The Hall–Kier alpha value is -3.36. The summed E-state index contributed by atoms with van der Waals surface area (Å²) in [6.45, 7) is 1.94. The predicted octanol–water partition coefficient (Wildman–Crippen LogP) is 5.28. The first-order valence-electron chi connectivity index (χ1n) is 9.99. The lowest BCUT2D eigenvalue weighted by molar-refractivity contribution is -0.118. The molecule has 2 N–H and O–H groups in total. The summed E-state index contributed by atoms with van der Waals surface area (Å²) >= 11 is 9.70. The van der Waals surface area contributed by atoms with Gasteiger partial charge in [0.05, 0.1) is 17.8 Å². The number of hydrazone groups is 1. The Morgan fingerprint density at radius 3 is 2.48 bits per heavy atom. The van der Waals surface area contributed by atoms with E-state index in [2.05, 4.69) is 31.8 Å². The third kappa shape index (κ3) is 7.34. The van der Waals surface area contributed by atoms with Crippen molar-refractivity contribution >= 4 is 51.2 Å². The number of rotatable bonds is 9. The van der Waals surface area contributed by atoms with E-state index in [1.807, 2.05) is 25.1 Å². The zero-order valence-corrected chi connectivity index (χ0v) is 20.0. The molecule has 0 aliphatic heterocycles. The SMILES string of the molecule is CCOc1cc(/C=N/NC(=O)c2ccc(Br)cc2)cc(Cl)c1OCC(=O)Nc1ccccc1. The lowest BCUT2D eigenvalue weighted by Crippen LogP contribution is -2.20. The lowest BCUT2D eigenvalue weighted by Gasteiger charge is -2.14. The predicted molar refractivity (Wildman–Crippen MR) is 132 cm³/mol. The molecule has 33 heavy (non-hydrogen) atoms. The molecule has 0 atom stereocenters. The number of nitrogens with zero attached hydrogens (tertiary/aromatic N) is 1. The smallest absolute Gasteiger partial charge is 0.271 e. The standard InChI is InChI=1S/C24H21BrClN3O4/c1-2-32-21-13-16(14-27-29-24(31)17-8-10-18(25)11-9-17)12-20(26)23(21)33-15-22(30)28-19-6-4-3-5-7-19/h3-14H,2,15H2,1H3,(H,28,30)(H,29,31)/b27-14+. The van der Waals surface area contributed by atoms with Gasteiger partial charge in [-0.1, -0.05) is 45.7 Å². The van der Waals surface area contributed by atoms with Gasteiger partial charge in [-0.05, 0) is 61.0 Å². The highest BCUT2D eigenvalue weighted by Gasteiger charge is 2.14. The molecular formula is C24H21BrClN3O4. The molecule has 170 valence electrons. The summed E-state index contributed by atoms with van der Waals surface area (Å²) in [4.78, 5) is 24.4. The number of amides is 2. The fraction of sp³-hybridized carbons (Fsp3) is 0.125. The second kappa shape index (κ2) is 12.0. The van der Waals surface area contributed by atoms with Crippen LogP contribution in [0.4, 0.5) is 5.69 Å². The maximum absolute atomic E-state index is 12.2. The molecule has 0 fully saturated rings. The van der Waals surface area contributed by atoms with Gasteiger partial charge in [0.1, 0.15) is 0 Å². The molecular weight excluding hydrogens is 510 g/mol. The Morgan fingerprint density at radius 1 is 1.06 bits per heavy atom. The molecule has 0 saturated heterocycles. The van der Waals surface area contributed by atoms with E-state index in [0.29, 0.717) is 29.2 Å². The molecule has 0 spiro atoms. The van der Waals surface area contributed by atoms with Gasteiger partial charge in [-0.25, -0.2) is 5.43 Å². The summed E-state index contributed by atoms with van der Waals surface area (Å²) in [5.74, 6) is -0.0729. The molecule has 3 aromatic carbocycles. The van der Waals surface area contributed by atoms with Crippen molar-refractivity contribution in [1.29, 1.82) is 0 Å². The third-order valence-electron chi connectivity index (χ3n) is 4.22. The highest BCUT2D eigenvalue weighted by atomic mass is 79.9. The van der Waals surface area contributed by atoms with Gasteiger partial charge >= 0.3 is 0 Å². The van der Waals surface area contributed by atoms with Crippen LogP contribution in [-0.2, 0) is 4.79 Å². The number of anilines is 1. The monoisotopic (exact) mass is 529 g/mol. The second-order valence-electron chi connectivity index (χ2n) is 6.67. The summed E-state index contributed by atoms with van der Waals surface area (Å²) in [5, 5.41) is 6.96. The van der Waals surface area contributed by atoms with Gasteiger partial charge in [0.25, 0.3) is 11.8 Å². The number of hydrogen-bond acceptors (Lipinski definition) is 5. The molecule has 3 aromatic rings. The quantitative estimate of drug-likeness (QED) is 0.291. The number of halogens is 2. The van der Waals surface area contributed by atoms with Crippen molar-refractivity contribution in [2.24, 2.45) is 5.10 Å². The molecule has 0 aromatic heterocycles. The van der Waals surface area contributed by atoms with Crippen molar-refractivity contribution in [2.45, 2.75) is 6.92 Å². The molecule has 0 saturated carbocycles. The van der Waals surface area contributed by atoms with E-state index < -0.39 is 0 Å². The maximum Gasteiger partial charge on any atom is 0.271 e. The Bertz CT molecular complexity index is 1140. The maximum atomic E-state index is 12.2. The van der Waals surface area contributed by atoms with Crippen LogP contribution in [0.2, 0.25) is 5.02 Å². The first-order valence-corrected chi connectivity index (χ1v) is 11.2. The van der Waals surface area contributed by atoms with Crippen molar-refractivity contribution in [2.75, 3.05) is 18.5 Å². The third-order valence-corrected chi connectivity index (χ3v) is 5.03. The molecule has 9 heteroatoms. The molecule has 2 amide bonds. The number of benzene rings is 3. The number of para-hydroxylation sites is 1. The van der Waals surface area contributed by atoms with E-state index in [4.69, 9.17) is 21.1 Å². The van der Waals surface area contributed by atoms with E-state index in [-0.39, 0.29) is 29.2 Å². The first kappa shape index (κ1) is 24.3. The topological polar surface area (TPSA) is 89.0 Å². The minimum atomic E-state index is -0.348. The Labute approximate surface area is 204 Å². The number of ether oxygens (including phenoxy) is 2. The fourth-order valence-electron chi connectivity index (χ4n) is 2.75. The number of carbonyl (C=O) groups is 2. The second-order valence-corrected chi connectivity index (χ2v) is 7.99. The molecule has 0 aliphatic carbocycles. The van der Waals surface area contributed by atoms with Crippen LogP contribution < -0.4 is 20.2 Å². The number of carbonyl (C=O) groups excluding carboxylic acids is 2. The van der Waals surface area contributed by atoms with Crippen molar-refractivity contribution in [3.63, 3.8) is 0 Å². The summed E-state index contributed by atoms with van der Waals surface area (Å²) in [5.41, 5.74) is 4.19. The van der Waals surface area contributed by atoms with Crippen LogP contribution in [0.3, 0.4) is 0 Å². The van der Waals surface area contributed by atoms with Crippen molar-refractivity contribution in [1.82, 2.24) is 5.43 Å². The van der Waals surface area contributed by atoms with Gasteiger partial charge in [0.2, 0.25) is 0 Å². The molecule has 0 unspecified atom stereocenters. The summed E-state index contributed by atoms with van der Waals surface area (Å²) in [6.07, 6.45) is 1.44. The molecule has 0 aliphatic rings. The minimum Gasteiger partial charge on any atom is -0.490 e. The number of nitrogens with one attached hydrogen (secondary N) is 2. The molecule has 7 nitrogen and oxygen atoms in total. The first-order chi connectivity index (χ1) is 16.0. The van der Waals surface area contributed by atoms with Gasteiger partial charge in [-0.2, -0.15) is 5.10 Å². The average Bonchev–Trinajstić information content (AvgIpc) is 2.80. The summed E-state index contributed by atoms with van der Waals surface area (Å²) in [7, 11) is 0. The Morgan fingerprint density at radius 2 is 1.79 bits per heavy atom. The van der Waals surface area contributed by atoms with E-state index >= 15 is 0 Å². The van der Waals surface area contributed by atoms with Crippen LogP contribution >= 0.6 is 27.5 Å². The highest BCUT2D eigenvalue weighted by Crippen LogP contribution is 2.36. The Balaban J connectivity index is 1.65. The van der Waals surface area contributed by atoms with E-state index in [0.717, 1.165) is 4.47 Å². The molecule has 3 rings (SSSR count). The van der Waals surface area contributed by atoms with Crippen LogP contribution in [-0.4, -0.2) is 31.2 Å². The van der Waals surface area contributed by atoms with E-state index in [1.54, 1.807) is 48.5 Å². The van der Waals surface area contributed by atoms with Crippen LogP contribution in [0.5, 0.6) is 11.5 Å². The largest absolute Gasteiger partial charge is 0.490 e. The Kier molecular flexibility index (Phi) is 8.86. The van der Waals surface area contributed by atoms with Crippen molar-refractivity contribution < 1.29 is 19.1 Å². The van der Waals surface area contributed by atoms with Crippen LogP contribution in [0.1, 0.15) is 22.8 Å². The normalized spacial score (nSPS) is 10.6. The molecule has 0 heterocycles. The van der Waals surface area contributed by atoms with Gasteiger partial charge in [-0.15, -0.1) is 0 Å². The average molecular weight is 531 g/mol. The van der Waals surface area contributed by atoms with Gasteiger partial charge in [0.15, 0.2) is 18.1 Å². The minimum absolute atomic E-state index is 0.245. The zero-order chi connectivity index (χ0) is 23.6. The molecule has 0 radical (unpaired) electrons. The van der Waals surface area contributed by atoms with Crippen LogP contribution in [0, 0.1) is 0 Å². The lowest BCUT2D eigenvalue weighted by atomic mass is 10.2. The summed E-state index contributed by atoms with van der Waals surface area (Å²) in [6, 6.07) is 19.2. The zero-order valence-electron chi connectivity index (χ0n) is 17.7. The fourth-order valence-corrected chi connectivity index (χ4v) is 3.29. The number of hydrogen-bond donors (Lipinski definition) is 2. The van der Waals surface area contributed by atoms with Gasteiger partial charge in [0, 0.05) is 15.7 Å². The van der Waals surface area contributed by atoms with Gasteiger partial charge < -0.3 is 14.8 Å².